The average molecular weight is 351 g/mol. The van der Waals surface area contributed by atoms with E-state index in [9.17, 15) is 0 Å². The number of nitrogens with one attached hydrogen (secondary N) is 1. The quantitative estimate of drug-likeness (QED) is 0.815. The molecule has 1 fully saturated rings. The Morgan fingerprint density at radius 2 is 1.48 bits per heavy atom. The monoisotopic (exact) mass is 350 g/mol. The highest BCUT2D eigenvalue weighted by Crippen LogP contribution is 2.29. The molecule has 3 rings (SSSR count). The molecular formula is C19H24Cl2N2. The van der Waals surface area contributed by atoms with Gasteiger partial charge in [-0.15, -0.1) is 11.6 Å². The van der Waals surface area contributed by atoms with Gasteiger partial charge in [-0.25, -0.2) is 0 Å². The molecule has 1 atom stereocenters. The molecule has 0 saturated carbocycles. The van der Waals surface area contributed by atoms with Crippen molar-refractivity contribution in [2.45, 2.75) is 13.0 Å². The topological polar surface area (TPSA) is 15.3 Å². The van der Waals surface area contributed by atoms with Gasteiger partial charge in [-0.05, 0) is 23.3 Å². The lowest BCUT2D eigenvalue weighted by molar-refractivity contribution is 0.198. The predicted octanol–water partition coefficient (Wildman–Crippen LogP) is 4.58. The van der Waals surface area contributed by atoms with Crippen molar-refractivity contribution in [3.05, 3.63) is 70.7 Å². The standard InChI is InChI=1S/C17H19ClN2.C2H5Cl/c18-16-8-6-15(7-9-16)17(14-4-2-1-3-5-14)20-12-10-19-11-13-20;1-2-3/h1-9,17,19H,10-13H2;2H2,1H3. The maximum Gasteiger partial charge on any atom is 0.0602 e. The summed E-state index contributed by atoms with van der Waals surface area (Å²) in [5, 5.41) is 4.21. The minimum Gasteiger partial charge on any atom is -0.314 e. The van der Waals surface area contributed by atoms with E-state index in [-0.39, 0.29) is 0 Å². The maximum atomic E-state index is 6.02. The summed E-state index contributed by atoms with van der Waals surface area (Å²) < 4.78 is 0. The summed E-state index contributed by atoms with van der Waals surface area (Å²) in [5.74, 6) is 0.722. The number of rotatable bonds is 3. The summed E-state index contributed by atoms with van der Waals surface area (Å²) in [6, 6.07) is 19.3. The summed E-state index contributed by atoms with van der Waals surface area (Å²) in [7, 11) is 0. The fourth-order valence-corrected chi connectivity index (χ4v) is 2.96. The Morgan fingerprint density at radius 3 is 2.04 bits per heavy atom. The number of benzene rings is 2. The lowest BCUT2D eigenvalue weighted by Crippen LogP contribution is -2.45. The van der Waals surface area contributed by atoms with Crippen LogP contribution in [0.2, 0.25) is 5.02 Å². The van der Waals surface area contributed by atoms with Gasteiger partial charge in [0.2, 0.25) is 0 Å². The highest BCUT2D eigenvalue weighted by molar-refractivity contribution is 6.30. The Labute approximate surface area is 149 Å². The Bertz CT molecular complexity index is 551. The highest BCUT2D eigenvalue weighted by Gasteiger charge is 2.23. The van der Waals surface area contributed by atoms with Gasteiger partial charge in [-0.2, -0.15) is 0 Å². The van der Waals surface area contributed by atoms with Crippen LogP contribution < -0.4 is 5.32 Å². The number of alkyl halides is 1. The molecule has 1 heterocycles. The molecule has 4 heteroatoms. The van der Waals surface area contributed by atoms with E-state index in [1.807, 2.05) is 19.1 Å². The van der Waals surface area contributed by atoms with Gasteiger partial charge in [-0.1, -0.05) is 61.0 Å². The van der Waals surface area contributed by atoms with E-state index < -0.39 is 0 Å². The summed E-state index contributed by atoms with van der Waals surface area (Å²) in [6.45, 7) is 6.14. The van der Waals surface area contributed by atoms with Crippen LogP contribution in [-0.4, -0.2) is 37.0 Å². The number of halogens is 2. The molecule has 1 N–H and O–H groups in total. The Morgan fingerprint density at radius 1 is 0.957 bits per heavy atom. The van der Waals surface area contributed by atoms with Gasteiger partial charge < -0.3 is 5.32 Å². The van der Waals surface area contributed by atoms with E-state index in [1.54, 1.807) is 0 Å². The van der Waals surface area contributed by atoms with Crippen molar-refractivity contribution < 1.29 is 0 Å². The molecule has 1 aliphatic heterocycles. The summed E-state index contributed by atoms with van der Waals surface area (Å²) in [4.78, 5) is 2.54. The molecule has 0 aliphatic carbocycles. The molecule has 2 nitrogen and oxygen atoms in total. The molecule has 2 aromatic rings. The van der Waals surface area contributed by atoms with Crippen LogP contribution in [0.15, 0.2) is 54.6 Å². The zero-order valence-corrected chi connectivity index (χ0v) is 15.0. The van der Waals surface area contributed by atoms with Crippen LogP contribution in [0.3, 0.4) is 0 Å². The third kappa shape index (κ3) is 5.50. The Balaban J connectivity index is 0.000000595. The number of hydrogen-bond donors (Lipinski definition) is 1. The zero-order valence-electron chi connectivity index (χ0n) is 13.5. The Hall–Kier alpha value is -1.06. The minimum absolute atomic E-state index is 0.315. The van der Waals surface area contributed by atoms with Crippen LogP contribution in [0.5, 0.6) is 0 Å². The fraction of sp³-hybridized carbons (Fsp3) is 0.368. The van der Waals surface area contributed by atoms with Crippen LogP contribution in [0.1, 0.15) is 24.1 Å². The maximum absolute atomic E-state index is 6.02. The number of piperazine rings is 1. The molecule has 0 aromatic heterocycles. The van der Waals surface area contributed by atoms with E-state index in [4.69, 9.17) is 23.2 Å². The molecule has 124 valence electrons. The van der Waals surface area contributed by atoms with Crippen LogP contribution in [-0.2, 0) is 0 Å². The summed E-state index contributed by atoms with van der Waals surface area (Å²) in [6.07, 6.45) is 0. The fourth-order valence-electron chi connectivity index (χ4n) is 2.83. The highest BCUT2D eigenvalue weighted by atomic mass is 35.5. The lowest BCUT2D eigenvalue weighted by Gasteiger charge is -2.35. The molecule has 1 saturated heterocycles. The van der Waals surface area contributed by atoms with Crippen molar-refractivity contribution >= 4 is 23.2 Å². The minimum atomic E-state index is 0.315. The normalized spacial score (nSPS) is 16.3. The molecule has 0 amide bonds. The van der Waals surface area contributed by atoms with E-state index in [0.29, 0.717) is 6.04 Å². The third-order valence-electron chi connectivity index (χ3n) is 3.82. The molecule has 23 heavy (non-hydrogen) atoms. The van der Waals surface area contributed by atoms with Crippen molar-refractivity contribution in [2.24, 2.45) is 0 Å². The van der Waals surface area contributed by atoms with Crippen molar-refractivity contribution in [3.63, 3.8) is 0 Å². The first-order valence-electron chi connectivity index (χ1n) is 8.07. The van der Waals surface area contributed by atoms with Gasteiger partial charge in [-0.3, -0.25) is 4.90 Å². The van der Waals surface area contributed by atoms with Crippen molar-refractivity contribution in [2.75, 3.05) is 32.1 Å². The van der Waals surface area contributed by atoms with Crippen molar-refractivity contribution in [1.82, 2.24) is 10.2 Å². The zero-order chi connectivity index (χ0) is 16.5. The molecule has 1 unspecified atom stereocenters. The first-order valence-corrected chi connectivity index (χ1v) is 8.98. The molecule has 1 aliphatic rings. The van der Waals surface area contributed by atoms with E-state index in [0.717, 1.165) is 37.1 Å². The summed E-state index contributed by atoms with van der Waals surface area (Å²) in [5.41, 5.74) is 2.65. The van der Waals surface area contributed by atoms with Gasteiger partial charge in [0.1, 0.15) is 0 Å². The second kappa shape index (κ2) is 9.94. The van der Waals surface area contributed by atoms with E-state index in [2.05, 4.69) is 52.7 Å². The molecule has 0 spiro atoms. The molecule has 0 bridgehead atoms. The van der Waals surface area contributed by atoms with Crippen LogP contribution in [0.25, 0.3) is 0 Å². The summed E-state index contributed by atoms with van der Waals surface area (Å²) >= 11 is 11.0. The van der Waals surface area contributed by atoms with Gasteiger partial charge in [0, 0.05) is 37.1 Å². The SMILES string of the molecule is CCCl.Clc1ccc(C(c2ccccc2)N2CCNCC2)cc1. The Kier molecular flexibility index (Phi) is 7.90. The number of nitrogens with zero attached hydrogens (tertiary/aromatic N) is 1. The smallest absolute Gasteiger partial charge is 0.0602 e. The van der Waals surface area contributed by atoms with Gasteiger partial charge in [0.25, 0.3) is 0 Å². The molecule has 0 radical (unpaired) electrons. The largest absolute Gasteiger partial charge is 0.314 e. The first kappa shape index (κ1) is 18.3. The van der Waals surface area contributed by atoms with E-state index in [1.165, 1.54) is 11.1 Å². The van der Waals surface area contributed by atoms with Crippen LogP contribution in [0, 0.1) is 0 Å². The van der Waals surface area contributed by atoms with Gasteiger partial charge in [0.05, 0.1) is 6.04 Å². The van der Waals surface area contributed by atoms with Crippen molar-refractivity contribution in [1.29, 1.82) is 0 Å². The first-order chi connectivity index (χ1) is 11.3. The van der Waals surface area contributed by atoms with Crippen molar-refractivity contribution in [3.8, 4) is 0 Å². The molecule has 2 aromatic carbocycles. The average Bonchev–Trinajstić information content (AvgIpc) is 2.60. The van der Waals surface area contributed by atoms with E-state index >= 15 is 0 Å². The van der Waals surface area contributed by atoms with Gasteiger partial charge in [0.15, 0.2) is 0 Å². The van der Waals surface area contributed by atoms with Gasteiger partial charge >= 0.3 is 0 Å². The second-order valence-corrected chi connectivity index (χ2v) is 6.39. The van der Waals surface area contributed by atoms with Crippen LogP contribution in [0.4, 0.5) is 0 Å². The molecular weight excluding hydrogens is 327 g/mol. The second-order valence-electron chi connectivity index (χ2n) is 5.42. The lowest BCUT2D eigenvalue weighted by atomic mass is 9.96. The predicted molar refractivity (Wildman–Crippen MR) is 101 cm³/mol. The van der Waals surface area contributed by atoms with Crippen LogP contribution >= 0.6 is 23.2 Å². The number of hydrogen-bond acceptors (Lipinski definition) is 2. The third-order valence-corrected chi connectivity index (χ3v) is 4.07.